The molecular weight excluding hydrogens is 354 g/mol. The number of nitrogens with one attached hydrogen (secondary N) is 2. The number of H-pyrrole nitrogens is 1. The average Bonchev–Trinajstić information content (AvgIpc) is 3.18. The molecule has 2 N–H and O–H groups in total. The van der Waals surface area contributed by atoms with Crippen LogP contribution in [-0.2, 0) is 0 Å². The van der Waals surface area contributed by atoms with Crippen molar-refractivity contribution in [2.45, 2.75) is 6.42 Å². The topological polar surface area (TPSA) is 66.6 Å². The fourth-order valence-electron chi connectivity index (χ4n) is 3.53. The van der Waals surface area contributed by atoms with Crippen molar-refractivity contribution >= 4 is 28.2 Å². The summed E-state index contributed by atoms with van der Waals surface area (Å²) in [5.74, 6) is 1.25. The van der Waals surface area contributed by atoms with Crippen LogP contribution in [0.25, 0.3) is 16.5 Å². The van der Waals surface area contributed by atoms with Gasteiger partial charge in [0.15, 0.2) is 0 Å². The summed E-state index contributed by atoms with van der Waals surface area (Å²) in [5, 5.41) is 4.15. The number of amides is 2. The third-order valence-electron chi connectivity index (χ3n) is 5.08. The van der Waals surface area contributed by atoms with Gasteiger partial charge in [-0.1, -0.05) is 24.3 Å². The molecule has 0 saturated heterocycles. The van der Waals surface area contributed by atoms with Crippen molar-refractivity contribution in [1.82, 2.24) is 9.88 Å². The molecule has 0 saturated carbocycles. The molecule has 0 aliphatic carbocycles. The summed E-state index contributed by atoms with van der Waals surface area (Å²) in [7, 11) is 3.17. The van der Waals surface area contributed by atoms with Crippen molar-refractivity contribution in [3.63, 3.8) is 0 Å². The number of hydrogen-bond donors (Lipinski definition) is 2. The maximum absolute atomic E-state index is 12.7. The molecule has 6 nitrogen and oxygen atoms in total. The van der Waals surface area contributed by atoms with E-state index in [1.807, 2.05) is 12.1 Å². The molecular formula is C22H23N3O3. The normalized spacial score (nSPS) is 13.9. The second-order valence-electron chi connectivity index (χ2n) is 6.67. The standard InChI is InChI=1S/C22H23N3O3/c1-27-16-7-8-20(21(13-16)28-2)24-22(26)25-11-9-15(10-12-25)18-14-23-19-6-4-3-5-17(18)19/h3-9,13-14,23H,10-12H2,1-2H3,(H,24,26). The van der Waals surface area contributed by atoms with E-state index < -0.39 is 0 Å². The smallest absolute Gasteiger partial charge is 0.322 e. The highest BCUT2D eigenvalue weighted by Crippen LogP contribution is 2.31. The Morgan fingerprint density at radius 3 is 2.75 bits per heavy atom. The van der Waals surface area contributed by atoms with Crippen molar-refractivity contribution < 1.29 is 14.3 Å². The number of aromatic nitrogens is 1. The number of anilines is 1. The van der Waals surface area contributed by atoms with E-state index in [0.29, 0.717) is 30.3 Å². The summed E-state index contributed by atoms with van der Waals surface area (Å²) < 4.78 is 10.6. The van der Waals surface area contributed by atoms with Gasteiger partial charge in [0.05, 0.1) is 19.9 Å². The Balaban J connectivity index is 1.47. The second kappa shape index (κ2) is 7.68. The number of carbonyl (C=O) groups is 1. The minimum Gasteiger partial charge on any atom is -0.497 e. The van der Waals surface area contributed by atoms with Gasteiger partial charge in [-0.05, 0) is 30.2 Å². The lowest BCUT2D eigenvalue weighted by Gasteiger charge is -2.27. The fourth-order valence-corrected chi connectivity index (χ4v) is 3.53. The van der Waals surface area contributed by atoms with Crippen molar-refractivity contribution in [2.75, 3.05) is 32.6 Å². The van der Waals surface area contributed by atoms with Crippen LogP contribution >= 0.6 is 0 Å². The third-order valence-corrected chi connectivity index (χ3v) is 5.08. The zero-order valence-electron chi connectivity index (χ0n) is 16.0. The summed E-state index contributed by atoms with van der Waals surface area (Å²) in [6.45, 7) is 1.23. The van der Waals surface area contributed by atoms with Gasteiger partial charge in [0.25, 0.3) is 0 Å². The first-order chi connectivity index (χ1) is 13.7. The van der Waals surface area contributed by atoms with Gasteiger partial charge < -0.3 is 24.7 Å². The minimum atomic E-state index is -0.141. The molecule has 28 heavy (non-hydrogen) atoms. The molecule has 4 rings (SSSR count). The van der Waals surface area contributed by atoms with E-state index in [1.165, 1.54) is 16.5 Å². The Labute approximate surface area is 163 Å². The summed E-state index contributed by atoms with van der Waals surface area (Å²) in [6, 6.07) is 13.5. The zero-order chi connectivity index (χ0) is 19.5. The van der Waals surface area contributed by atoms with Crippen LogP contribution in [-0.4, -0.2) is 43.2 Å². The van der Waals surface area contributed by atoms with E-state index >= 15 is 0 Å². The molecule has 3 aromatic rings. The molecule has 2 aromatic carbocycles. The molecule has 0 bridgehead atoms. The van der Waals surface area contributed by atoms with Crippen molar-refractivity contribution in [3.05, 3.63) is 60.3 Å². The molecule has 1 aromatic heterocycles. The fraction of sp³-hybridized carbons (Fsp3) is 0.227. The highest BCUT2D eigenvalue weighted by molar-refractivity contribution is 5.94. The Morgan fingerprint density at radius 1 is 1.14 bits per heavy atom. The van der Waals surface area contributed by atoms with Gasteiger partial charge in [0, 0.05) is 41.8 Å². The molecule has 0 unspecified atom stereocenters. The summed E-state index contributed by atoms with van der Waals surface area (Å²) in [5.41, 5.74) is 4.24. The maximum atomic E-state index is 12.7. The number of benzene rings is 2. The van der Waals surface area contributed by atoms with Crippen LogP contribution in [0.2, 0.25) is 0 Å². The molecule has 0 fully saturated rings. The van der Waals surface area contributed by atoms with Crippen molar-refractivity contribution in [1.29, 1.82) is 0 Å². The highest BCUT2D eigenvalue weighted by atomic mass is 16.5. The minimum absolute atomic E-state index is 0.141. The largest absolute Gasteiger partial charge is 0.497 e. The van der Waals surface area contributed by atoms with Gasteiger partial charge in [0.1, 0.15) is 11.5 Å². The lowest BCUT2D eigenvalue weighted by molar-refractivity contribution is 0.217. The van der Waals surface area contributed by atoms with E-state index in [4.69, 9.17) is 9.47 Å². The van der Waals surface area contributed by atoms with Gasteiger partial charge in [-0.15, -0.1) is 0 Å². The van der Waals surface area contributed by atoms with Gasteiger partial charge in [-0.3, -0.25) is 0 Å². The van der Waals surface area contributed by atoms with Gasteiger partial charge >= 0.3 is 6.03 Å². The van der Waals surface area contributed by atoms with E-state index in [0.717, 1.165) is 11.9 Å². The number of fused-ring (bicyclic) bond motifs is 1. The maximum Gasteiger partial charge on any atom is 0.322 e. The number of rotatable bonds is 4. The van der Waals surface area contributed by atoms with Gasteiger partial charge in [0.2, 0.25) is 0 Å². The Kier molecular flexibility index (Phi) is 4.93. The lowest BCUT2D eigenvalue weighted by atomic mass is 9.99. The van der Waals surface area contributed by atoms with Crippen LogP contribution in [0.3, 0.4) is 0 Å². The average molecular weight is 377 g/mol. The number of para-hydroxylation sites is 1. The first kappa shape index (κ1) is 18.0. The summed E-state index contributed by atoms with van der Waals surface area (Å²) in [6.07, 6.45) is 4.99. The molecule has 0 spiro atoms. The molecule has 0 atom stereocenters. The van der Waals surface area contributed by atoms with Crippen LogP contribution in [0.1, 0.15) is 12.0 Å². The first-order valence-corrected chi connectivity index (χ1v) is 9.23. The van der Waals surface area contributed by atoms with Crippen molar-refractivity contribution in [3.8, 4) is 11.5 Å². The van der Waals surface area contributed by atoms with Crippen LogP contribution < -0.4 is 14.8 Å². The monoisotopic (exact) mass is 377 g/mol. The number of hydrogen-bond acceptors (Lipinski definition) is 3. The predicted octanol–water partition coefficient (Wildman–Crippen LogP) is 4.51. The van der Waals surface area contributed by atoms with Crippen LogP contribution in [0.15, 0.2) is 54.7 Å². The molecule has 6 heteroatoms. The van der Waals surface area contributed by atoms with Crippen LogP contribution in [0.5, 0.6) is 11.5 Å². The van der Waals surface area contributed by atoms with E-state index in [1.54, 1.807) is 37.3 Å². The number of urea groups is 1. The summed E-state index contributed by atoms with van der Waals surface area (Å²) in [4.78, 5) is 17.8. The Hall–Kier alpha value is -3.41. The summed E-state index contributed by atoms with van der Waals surface area (Å²) >= 11 is 0. The van der Waals surface area contributed by atoms with Crippen LogP contribution in [0, 0.1) is 0 Å². The third kappa shape index (κ3) is 3.41. The molecule has 2 amide bonds. The zero-order valence-corrected chi connectivity index (χ0v) is 16.0. The number of aromatic amines is 1. The first-order valence-electron chi connectivity index (χ1n) is 9.23. The molecule has 0 radical (unpaired) electrons. The predicted molar refractivity (Wildman–Crippen MR) is 111 cm³/mol. The van der Waals surface area contributed by atoms with E-state index in [2.05, 4.69) is 34.7 Å². The number of ether oxygens (including phenoxy) is 2. The van der Waals surface area contributed by atoms with Gasteiger partial charge in [-0.2, -0.15) is 0 Å². The quantitative estimate of drug-likeness (QED) is 0.703. The number of methoxy groups -OCH3 is 2. The number of carbonyl (C=O) groups excluding carboxylic acids is 1. The van der Waals surface area contributed by atoms with Crippen LogP contribution in [0.4, 0.5) is 10.5 Å². The molecule has 1 aliphatic heterocycles. The lowest BCUT2D eigenvalue weighted by Crippen LogP contribution is -2.37. The van der Waals surface area contributed by atoms with Crippen molar-refractivity contribution in [2.24, 2.45) is 0 Å². The molecule has 2 heterocycles. The molecule has 144 valence electrons. The highest BCUT2D eigenvalue weighted by Gasteiger charge is 2.20. The molecule has 1 aliphatic rings. The number of nitrogens with zero attached hydrogens (tertiary/aromatic N) is 1. The Bertz CT molecular complexity index is 1040. The second-order valence-corrected chi connectivity index (χ2v) is 6.67. The Morgan fingerprint density at radius 2 is 2.00 bits per heavy atom. The van der Waals surface area contributed by atoms with E-state index in [-0.39, 0.29) is 6.03 Å². The van der Waals surface area contributed by atoms with Gasteiger partial charge in [-0.25, -0.2) is 4.79 Å². The SMILES string of the molecule is COc1ccc(NC(=O)N2CC=C(c3c[nH]c4ccccc34)CC2)c(OC)c1. The van der Waals surface area contributed by atoms with E-state index in [9.17, 15) is 4.79 Å².